The Kier molecular flexibility index (Phi) is 6.62. The second-order valence-corrected chi connectivity index (χ2v) is 9.08. The molecule has 2 heterocycles. The lowest BCUT2D eigenvalue weighted by atomic mass is 10.1. The number of nitrogens with zero attached hydrogens (tertiary/aromatic N) is 1. The number of nitrogens with one attached hydrogen (secondary N) is 1. The van der Waals surface area contributed by atoms with E-state index in [2.05, 4.69) is 10.3 Å². The smallest absolute Gasteiger partial charge is 0.338 e. The molecule has 4 aromatic rings. The monoisotopic (exact) mass is 480 g/mol. The summed E-state index contributed by atoms with van der Waals surface area (Å²) >= 11 is 7.47. The number of amides is 1. The SMILES string of the molecule is Cc1ccc(-c2ccc(/C=C/C(=O)Nc3nc4ccc(C(=O)OC(C)C)cc4s3)o2)cc1Cl. The van der Waals surface area contributed by atoms with Crippen LogP contribution in [0.5, 0.6) is 0 Å². The molecule has 0 radical (unpaired) electrons. The highest BCUT2D eigenvalue weighted by Crippen LogP contribution is 2.28. The van der Waals surface area contributed by atoms with Gasteiger partial charge in [0, 0.05) is 16.7 Å². The first-order valence-corrected chi connectivity index (χ1v) is 11.4. The van der Waals surface area contributed by atoms with Crippen LogP contribution in [0.3, 0.4) is 0 Å². The van der Waals surface area contributed by atoms with Crippen molar-refractivity contribution < 1.29 is 18.7 Å². The zero-order valence-electron chi connectivity index (χ0n) is 18.2. The number of fused-ring (bicyclic) bond motifs is 1. The number of benzene rings is 2. The lowest BCUT2D eigenvalue weighted by molar-refractivity contribution is -0.111. The molecule has 0 atom stereocenters. The molecule has 1 N–H and O–H groups in total. The summed E-state index contributed by atoms with van der Waals surface area (Å²) in [5.74, 6) is 0.466. The summed E-state index contributed by atoms with van der Waals surface area (Å²) in [7, 11) is 0. The van der Waals surface area contributed by atoms with E-state index in [4.69, 9.17) is 20.8 Å². The van der Waals surface area contributed by atoms with Crippen molar-refractivity contribution >= 4 is 56.2 Å². The number of carbonyl (C=O) groups excluding carboxylic acids is 2. The number of hydrogen-bond acceptors (Lipinski definition) is 6. The molecule has 0 spiro atoms. The number of aromatic nitrogens is 1. The predicted octanol–water partition coefficient (Wildman–Crippen LogP) is 6.74. The minimum atomic E-state index is -0.389. The molecule has 0 aliphatic carbocycles. The number of aryl methyl sites for hydroxylation is 1. The normalized spacial score (nSPS) is 11.4. The zero-order chi connectivity index (χ0) is 23.5. The van der Waals surface area contributed by atoms with Crippen LogP contribution in [0, 0.1) is 6.92 Å². The Hall–Kier alpha value is -3.42. The van der Waals surface area contributed by atoms with Crippen molar-refractivity contribution in [1.82, 2.24) is 4.98 Å². The Labute approximate surface area is 199 Å². The van der Waals surface area contributed by atoms with Crippen molar-refractivity contribution in [3.05, 3.63) is 76.5 Å². The number of hydrogen-bond donors (Lipinski definition) is 1. The Morgan fingerprint density at radius 3 is 2.73 bits per heavy atom. The first-order valence-electron chi connectivity index (χ1n) is 10.3. The molecule has 0 saturated heterocycles. The lowest BCUT2D eigenvalue weighted by Gasteiger charge is -2.07. The molecule has 6 nitrogen and oxygen atoms in total. The number of esters is 1. The van der Waals surface area contributed by atoms with Crippen LogP contribution in [0.2, 0.25) is 5.02 Å². The van der Waals surface area contributed by atoms with Crippen LogP contribution in [0.4, 0.5) is 5.13 Å². The van der Waals surface area contributed by atoms with E-state index in [1.165, 1.54) is 17.4 Å². The highest BCUT2D eigenvalue weighted by molar-refractivity contribution is 7.22. The third-order valence-corrected chi connectivity index (χ3v) is 6.02. The number of thiazole rings is 1. The van der Waals surface area contributed by atoms with E-state index >= 15 is 0 Å². The fourth-order valence-electron chi connectivity index (χ4n) is 3.04. The minimum absolute atomic E-state index is 0.198. The van der Waals surface area contributed by atoms with Crippen LogP contribution in [0.25, 0.3) is 27.6 Å². The maximum Gasteiger partial charge on any atom is 0.338 e. The van der Waals surface area contributed by atoms with Crippen LogP contribution in [-0.2, 0) is 9.53 Å². The van der Waals surface area contributed by atoms with E-state index < -0.39 is 0 Å². The van der Waals surface area contributed by atoms with Gasteiger partial charge in [0.25, 0.3) is 0 Å². The van der Waals surface area contributed by atoms with Crippen LogP contribution < -0.4 is 5.32 Å². The number of rotatable bonds is 6. The number of furan rings is 1. The topological polar surface area (TPSA) is 81.4 Å². The van der Waals surface area contributed by atoms with Gasteiger partial charge in [-0.2, -0.15) is 0 Å². The number of ether oxygens (including phenoxy) is 1. The summed E-state index contributed by atoms with van der Waals surface area (Å²) in [6.45, 7) is 5.53. The van der Waals surface area contributed by atoms with Crippen LogP contribution in [-0.4, -0.2) is 23.0 Å². The molecule has 168 valence electrons. The molecule has 0 saturated carbocycles. The minimum Gasteiger partial charge on any atom is -0.459 e. The van der Waals surface area contributed by atoms with Crippen molar-refractivity contribution in [3.8, 4) is 11.3 Å². The van der Waals surface area contributed by atoms with E-state index in [0.29, 0.717) is 32.8 Å². The molecule has 33 heavy (non-hydrogen) atoms. The van der Waals surface area contributed by atoms with Crippen molar-refractivity contribution in [2.45, 2.75) is 26.9 Å². The van der Waals surface area contributed by atoms with Crippen molar-refractivity contribution in [1.29, 1.82) is 0 Å². The zero-order valence-corrected chi connectivity index (χ0v) is 19.8. The Morgan fingerprint density at radius 2 is 1.97 bits per heavy atom. The van der Waals surface area contributed by atoms with E-state index in [1.54, 1.807) is 44.2 Å². The second kappa shape index (κ2) is 9.60. The standard InChI is InChI=1S/C25H21ClN2O4S/c1-14(2)31-24(30)17-6-9-20-22(13-17)33-25(27-20)28-23(29)11-8-18-7-10-21(32-18)16-5-4-15(3)19(26)12-16/h4-14H,1-3H3,(H,27,28,29)/b11-8+. The van der Waals surface area contributed by atoms with E-state index in [-0.39, 0.29) is 18.0 Å². The summed E-state index contributed by atoms with van der Waals surface area (Å²) in [5.41, 5.74) is 2.99. The third-order valence-electron chi connectivity index (χ3n) is 4.68. The molecule has 0 bridgehead atoms. The average molecular weight is 481 g/mol. The highest BCUT2D eigenvalue weighted by atomic mass is 35.5. The molecular formula is C25H21ClN2O4S. The lowest BCUT2D eigenvalue weighted by Crippen LogP contribution is -2.11. The number of halogens is 1. The van der Waals surface area contributed by atoms with E-state index in [0.717, 1.165) is 15.8 Å². The van der Waals surface area contributed by atoms with Crippen LogP contribution in [0.15, 0.2) is 59.0 Å². The fraction of sp³-hybridized carbons (Fsp3) is 0.160. The quantitative estimate of drug-likeness (QED) is 0.244. The Bertz CT molecular complexity index is 1370. The largest absolute Gasteiger partial charge is 0.459 e. The Balaban J connectivity index is 1.42. The summed E-state index contributed by atoms with van der Waals surface area (Å²) < 4.78 is 11.8. The molecule has 2 aromatic carbocycles. The number of anilines is 1. The molecule has 1 amide bonds. The maximum absolute atomic E-state index is 12.4. The molecular weight excluding hydrogens is 460 g/mol. The van der Waals surface area contributed by atoms with Gasteiger partial charge in [0.15, 0.2) is 5.13 Å². The van der Waals surface area contributed by atoms with Gasteiger partial charge in [-0.25, -0.2) is 9.78 Å². The van der Waals surface area contributed by atoms with Crippen LogP contribution in [0.1, 0.15) is 35.5 Å². The molecule has 4 rings (SSSR count). The molecule has 0 aliphatic rings. The Morgan fingerprint density at radius 1 is 1.15 bits per heavy atom. The van der Waals surface area contributed by atoms with Gasteiger partial charge >= 0.3 is 5.97 Å². The molecule has 2 aromatic heterocycles. The van der Waals surface area contributed by atoms with Gasteiger partial charge < -0.3 is 9.15 Å². The summed E-state index contributed by atoms with van der Waals surface area (Å²) in [6.07, 6.45) is 2.76. The van der Waals surface area contributed by atoms with Gasteiger partial charge in [-0.15, -0.1) is 0 Å². The van der Waals surface area contributed by atoms with Crippen LogP contribution >= 0.6 is 22.9 Å². The fourth-order valence-corrected chi connectivity index (χ4v) is 4.12. The van der Waals surface area contributed by atoms with Crippen molar-refractivity contribution in [2.75, 3.05) is 5.32 Å². The number of carbonyl (C=O) groups is 2. The van der Waals surface area contributed by atoms with E-state index in [1.807, 2.05) is 31.2 Å². The van der Waals surface area contributed by atoms with Gasteiger partial charge in [-0.05, 0) is 68.8 Å². The van der Waals surface area contributed by atoms with Gasteiger partial charge in [0.2, 0.25) is 5.91 Å². The van der Waals surface area contributed by atoms with Crippen molar-refractivity contribution in [2.24, 2.45) is 0 Å². The first kappa shape index (κ1) is 22.8. The van der Waals surface area contributed by atoms with Crippen molar-refractivity contribution in [3.63, 3.8) is 0 Å². The summed E-state index contributed by atoms with van der Waals surface area (Å²) in [4.78, 5) is 28.8. The third kappa shape index (κ3) is 5.50. The second-order valence-electron chi connectivity index (χ2n) is 7.64. The highest BCUT2D eigenvalue weighted by Gasteiger charge is 2.13. The summed E-state index contributed by atoms with van der Waals surface area (Å²) in [6, 6.07) is 14.4. The van der Waals surface area contributed by atoms with Gasteiger partial charge in [0.1, 0.15) is 11.5 Å². The summed E-state index contributed by atoms with van der Waals surface area (Å²) in [5, 5.41) is 3.84. The predicted molar refractivity (Wildman–Crippen MR) is 132 cm³/mol. The molecule has 0 unspecified atom stereocenters. The molecule has 0 fully saturated rings. The maximum atomic E-state index is 12.4. The van der Waals surface area contributed by atoms with Gasteiger partial charge in [-0.3, -0.25) is 10.1 Å². The van der Waals surface area contributed by atoms with Gasteiger partial charge in [0.05, 0.1) is 21.9 Å². The molecule has 8 heteroatoms. The molecule has 0 aliphatic heterocycles. The average Bonchev–Trinajstić information content (AvgIpc) is 3.39. The van der Waals surface area contributed by atoms with Gasteiger partial charge in [-0.1, -0.05) is 35.1 Å². The van der Waals surface area contributed by atoms with E-state index in [9.17, 15) is 9.59 Å². The first-order chi connectivity index (χ1) is 15.8.